The quantitative estimate of drug-likeness (QED) is 0.637. The molecule has 0 heterocycles. The number of hydrogen-bond donors (Lipinski definition) is 1. The molecule has 0 bridgehead atoms. The Hall–Kier alpha value is -1.07. The van der Waals surface area contributed by atoms with E-state index in [1.54, 1.807) is 0 Å². The van der Waals surface area contributed by atoms with E-state index < -0.39 is 9.84 Å². The number of aliphatic hydroxyl groups excluding tert-OH is 1. The molecule has 4 nitrogen and oxygen atoms in total. The van der Waals surface area contributed by atoms with E-state index in [0.29, 0.717) is 5.69 Å². The van der Waals surface area contributed by atoms with Gasteiger partial charge in [0.15, 0.2) is 9.84 Å². The first kappa shape index (κ1) is 12.0. The monoisotopic (exact) mass is 243 g/mol. The maximum absolute atomic E-state index is 11.5. The molecule has 0 saturated carbocycles. The highest BCUT2D eigenvalue weighted by molar-refractivity contribution is 7.91. The third-order valence-corrected chi connectivity index (χ3v) is 3.53. The zero-order chi connectivity index (χ0) is 11.3. The third kappa shape index (κ3) is 3.21. The second-order valence-corrected chi connectivity index (χ2v) is 5.03. The predicted molar refractivity (Wildman–Crippen MR) is 60.3 cm³/mol. The van der Waals surface area contributed by atoms with Gasteiger partial charge in [0.1, 0.15) is 0 Å². The smallest absolute Gasteiger partial charge is 0.180 e. The molecular formula is C9H9NO3S2. The molecule has 0 unspecified atom stereocenters. The second kappa shape index (κ2) is 5.14. The summed E-state index contributed by atoms with van der Waals surface area (Å²) in [6.45, 7) is -0.387. The molecule has 1 aromatic rings. The first-order valence-corrected chi connectivity index (χ1v) is 6.18. The summed E-state index contributed by atoms with van der Waals surface area (Å²) in [6.07, 6.45) is 0. The normalized spacial score (nSPS) is 10.7. The minimum atomic E-state index is -3.38. The van der Waals surface area contributed by atoms with Crippen molar-refractivity contribution in [2.45, 2.75) is 4.90 Å². The van der Waals surface area contributed by atoms with Gasteiger partial charge in [-0.15, -0.1) is 0 Å². The van der Waals surface area contributed by atoms with Crippen LogP contribution in [0.15, 0.2) is 34.2 Å². The topological polar surface area (TPSA) is 66.7 Å². The van der Waals surface area contributed by atoms with E-state index in [9.17, 15) is 8.42 Å². The fraction of sp³-hybridized carbons (Fsp3) is 0.222. The minimum Gasteiger partial charge on any atom is -0.395 e. The molecule has 0 aliphatic carbocycles. The van der Waals surface area contributed by atoms with Crippen molar-refractivity contribution in [3.05, 3.63) is 24.3 Å². The summed E-state index contributed by atoms with van der Waals surface area (Å²) < 4.78 is 22.9. The molecule has 0 amide bonds. The molecule has 0 fully saturated rings. The molecule has 1 aromatic carbocycles. The van der Waals surface area contributed by atoms with Crippen LogP contribution in [-0.2, 0) is 9.84 Å². The fourth-order valence-electron chi connectivity index (χ4n) is 1.02. The van der Waals surface area contributed by atoms with Crippen LogP contribution >= 0.6 is 12.2 Å². The van der Waals surface area contributed by atoms with Gasteiger partial charge < -0.3 is 5.11 Å². The number of isothiocyanates is 1. The Balaban J connectivity index is 3.03. The second-order valence-electron chi connectivity index (χ2n) is 2.74. The maximum atomic E-state index is 11.5. The Morgan fingerprint density at radius 2 is 1.93 bits per heavy atom. The number of thiocarbonyl (C=S) groups is 1. The van der Waals surface area contributed by atoms with Gasteiger partial charge in [-0.3, -0.25) is 0 Å². The molecule has 6 heteroatoms. The molecule has 0 atom stereocenters. The van der Waals surface area contributed by atoms with Crippen LogP contribution in [0.3, 0.4) is 0 Å². The zero-order valence-electron chi connectivity index (χ0n) is 7.75. The lowest BCUT2D eigenvalue weighted by Crippen LogP contribution is -2.09. The van der Waals surface area contributed by atoms with E-state index in [1.165, 1.54) is 24.3 Å². The average Bonchev–Trinajstić information content (AvgIpc) is 2.19. The SMILES string of the molecule is O=S(=O)(CCO)c1ccc(N=C=S)cc1. The lowest BCUT2D eigenvalue weighted by molar-refractivity contribution is 0.319. The van der Waals surface area contributed by atoms with Crippen molar-refractivity contribution in [2.75, 3.05) is 12.4 Å². The summed E-state index contributed by atoms with van der Waals surface area (Å²) in [6, 6.07) is 5.92. The molecule has 1 N–H and O–H groups in total. The molecule has 1 rings (SSSR count). The van der Waals surface area contributed by atoms with E-state index in [0.717, 1.165) is 0 Å². The highest BCUT2D eigenvalue weighted by atomic mass is 32.2. The van der Waals surface area contributed by atoms with Gasteiger partial charge in [0.25, 0.3) is 0 Å². The van der Waals surface area contributed by atoms with E-state index in [2.05, 4.69) is 22.4 Å². The molecule has 0 aliphatic heterocycles. The standard InChI is InChI=1S/C9H9NO3S2/c11-5-6-15(12,13)9-3-1-8(2-4-9)10-7-14/h1-4,11H,5-6H2. The van der Waals surface area contributed by atoms with Crippen molar-refractivity contribution in [1.29, 1.82) is 0 Å². The molecule has 0 spiro atoms. The van der Waals surface area contributed by atoms with Crippen LogP contribution in [0.4, 0.5) is 5.69 Å². The average molecular weight is 243 g/mol. The number of hydrogen-bond acceptors (Lipinski definition) is 5. The van der Waals surface area contributed by atoms with Gasteiger partial charge in [-0.05, 0) is 36.5 Å². The van der Waals surface area contributed by atoms with Gasteiger partial charge in [0, 0.05) is 0 Å². The van der Waals surface area contributed by atoms with Crippen molar-refractivity contribution in [3.8, 4) is 0 Å². The van der Waals surface area contributed by atoms with Crippen LogP contribution in [0.2, 0.25) is 0 Å². The third-order valence-electron chi connectivity index (χ3n) is 1.73. The first-order valence-electron chi connectivity index (χ1n) is 4.12. The van der Waals surface area contributed by atoms with Crippen LogP contribution in [-0.4, -0.2) is 31.0 Å². The molecule has 0 aromatic heterocycles. The fourth-order valence-corrected chi connectivity index (χ4v) is 2.15. The molecule has 15 heavy (non-hydrogen) atoms. The van der Waals surface area contributed by atoms with Gasteiger partial charge in [0.2, 0.25) is 0 Å². The number of benzene rings is 1. The van der Waals surface area contributed by atoms with Gasteiger partial charge in [-0.2, -0.15) is 4.99 Å². The summed E-state index contributed by atoms with van der Waals surface area (Å²) in [4.78, 5) is 3.86. The van der Waals surface area contributed by atoms with Crippen LogP contribution in [0.5, 0.6) is 0 Å². The minimum absolute atomic E-state index is 0.167. The summed E-state index contributed by atoms with van der Waals surface area (Å²) in [5.41, 5.74) is 0.549. The molecule has 0 radical (unpaired) electrons. The molecule has 0 aliphatic rings. The number of sulfone groups is 1. The van der Waals surface area contributed by atoms with Gasteiger partial charge in [-0.25, -0.2) is 8.42 Å². The predicted octanol–water partition coefficient (Wildman–Crippen LogP) is 1.19. The first-order chi connectivity index (χ1) is 7.10. The molecule has 0 saturated heterocycles. The zero-order valence-corrected chi connectivity index (χ0v) is 9.38. The summed E-state index contributed by atoms with van der Waals surface area (Å²) in [5.74, 6) is -0.275. The van der Waals surface area contributed by atoms with E-state index >= 15 is 0 Å². The summed E-state index contributed by atoms with van der Waals surface area (Å²) >= 11 is 4.41. The highest BCUT2D eigenvalue weighted by Gasteiger charge is 2.12. The van der Waals surface area contributed by atoms with E-state index in [-0.39, 0.29) is 17.3 Å². The number of nitrogens with zero attached hydrogens (tertiary/aromatic N) is 1. The van der Waals surface area contributed by atoms with Crippen molar-refractivity contribution in [3.63, 3.8) is 0 Å². The van der Waals surface area contributed by atoms with Crippen LogP contribution in [0.1, 0.15) is 0 Å². The Kier molecular flexibility index (Phi) is 4.11. The van der Waals surface area contributed by atoms with E-state index in [4.69, 9.17) is 5.11 Å². The van der Waals surface area contributed by atoms with Gasteiger partial charge >= 0.3 is 0 Å². The maximum Gasteiger partial charge on any atom is 0.180 e. The van der Waals surface area contributed by atoms with E-state index in [1.807, 2.05) is 0 Å². The van der Waals surface area contributed by atoms with Crippen molar-refractivity contribution < 1.29 is 13.5 Å². The van der Waals surface area contributed by atoms with Crippen molar-refractivity contribution in [1.82, 2.24) is 0 Å². The Bertz CT molecular complexity index is 473. The Labute approximate surface area is 93.2 Å². The Morgan fingerprint density at radius 1 is 1.33 bits per heavy atom. The lowest BCUT2D eigenvalue weighted by Gasteiger charge is -2.01. The van der Waals surface area contributed by atoms with Crippen LogP contribution < -0.4 is 0 Å². The molecule has 80 valence electrons. The Morgan fingerprint density at radius 3 is 2.40 bits per heavy atom. The summed E-state index contributed by atoms with van der Waals surface area (Å²) in [5, 5.41) is 10.8. The number of aliphatic hydroxyl groups is 1. The van der Waals surface area contributed by atoms with Gasteiger partial charge in [0.05, 0.1) is 28.1 Å². The largest absolute Gasteiger partial charge is 0.395 e. The van der Waals surface area contributed by atoms with Crippen LogP contribution in [0.25, 0.3) is 0 Å². The number of rotatable bonds is 4. The lowest BCUT2D eigenvalue weighted by atomic mass is 10.3. The van der Waals surface area contributed by atoms with Crippen molar-refractivity contribution >= 4 is 32.9 Å². The van der Waals surface area contributed by atoms with Crippen molar-refractivity contribution in [2.24, 2.45) is 4.99 Å². The van der Waals surface area contributed by atoms with Gasteiger partial charge in [-0.1, -0.05) is 0 Å². The number of aliphatic imine (C=N–C) groups is 1. The highest BCUT2D eigenvalue weighted by Crippen LogP contribution is 2.16. The van der Waals surface area contributed by atoms with Crippen LogP contribution in [0, 0.1) is 0 Å². The molecular weight excluding hydrogens is 234 g/mol. The summed E-state index contributed by atoms with van der Waals surface area (Å²) in [7, 11) is -3.38.